The summed E-state index contributed by atoms with van der Waals surface area (Å²) in [7, 11) is 1.85. The van der Waals surface area contributed by atoms with Crippen LogP contribution in [0.1, 0.15) is 6.42 Å². The number of halogens is 1. The van der Waals surface area contributed by atoms with E-state index in [2.05, 4.69) is 4.72 Å². The second-order valence-electron chi connectivity index (χ2n) is 5.15. The molecule has 0 unspecified atom stereocenters. The van der Waals surface area contributed by atoms with Crippen molar-refractivity contribution in [3.8, 4) is 11.1 Å². The van der Waals surface area contributed by atoms with Crippen molar-refractivity contribution in [1.29, 1.82) is 0 Å². The Morgan fingerprint density at radius 2 is 2.04 bits per heavy atom. The number of hydrogen-bond donors (Lipinski definition) is 1. The van der Waals surface area contributed by atoms with Gasteiger partial charge < -0.3 is 4.90 Å². The Labute approximate surface area is 139 Å². The smallest absolute Gasteiger partial charge is 0.250 e. The average Bonchev–Trinajstić information content (AvgIpc) is 2.56. The Balaban J connectivity index is 1.97. The summed E-state index contributed by atoms with van der Waals surface area (Å²) in [5.41, 5.74) is 2.09. The van der Waals surface area contributed by atoms with E-state index in [0.717, 1.165) is 22.4 Å². The van der Waals surface area contributed by atoms with Crippen molar-refractivity contribution in [3.63, 3.8) is 0 Å². The van der Waals surface area contributed by atoms with Crippen LogP contribution in [0.4, 0.5) is 10.1 Å². The van der Waals surface area contributed by atoms with Gasteiger partial charge in [0.2, 0.25) is 0 Å². The Hall–Kier alpha value is -2.11. The van der Waals surface area contributed by atoms with Crippen LogP contribution in [0.3, 0.4) is 0 Å². The molecular weight excluding hydrogens is 311 g/mol. The van der Waals surface area contributed by atoms with E-state index in [1.165, 1.54) is 29.0 Å². The molecule has 0 radical (unpaired) electrons. The van der Waals surface area contributed by atoms with Gasteiger partial charge in [-0.15, -0.1) is 0 Å². The molecule has 0 bridgehead atoms. The molecule has 3 nitrogen and oxygen atoms in total. The van der Waals surface area contributed by atoms with E-state index < -0.39 is 0 Å². The van der Waals surface area contributed by atoms with Gasteiger partial charge in [-0.3, -0.25) is 9.52 Å². The fourth-order valence-electron chi connectivity index (χ4n) is 2.62. The maximum atomic E-state index is 14.6. The Bertz CT molecular complexity index is 760. The van der Waals surface area contributed by atoms with Gasteiger partial charge in [0, 0.05) is 11.4 Å². The first kappa shape index (κ1) is 15.8. The molecule has 1 aliphatic rings. The molecule has 0 aliphatic carbocycles. The van der Waals surface area contributed by atoms with Crippen molar-refractivity contribution in [2.24, 2.45) is 0 Å². The SMILES string of the molecule is CNSc1ccccc1-c1ccc(N2CCC=CC2=O)c(F)c1. The molecule has 1 amide bonds. The molecule has 5 heteroatoms. The molecule has 2 aromatic rings. The number of anilines is 1. The van der Waals surface area contributed by atoms with E-state index in [-0.39, 0.29) is 11.7 Å². The minimum absolute atomic E-state index is 0.172. The van der Waals surface area contributed by atoms with Crippen molar-refractivity contribution >= 4 is 23.5 Å². The van der Waals surface area contributed by atoms with E-state index in [1.54, 1.807) is 6.07 Å². The molecule has 3 rings (SSSR count). The minimum atomic E-state index is -0.379. The number of nitrogens with zero attached hydrogens (tertiary/aromatic N) is 1. The molecule has 23 heavy (non-hydrogen) atoms. The third kappa shape index (κ3) is 3.30. The van der Waals surface area contributed by atoms with E-state index in [4.69, 9.17) is 0 Å². The van der Waals surface area contributed by atoms with Crippen LogP contribution < -0.4 is 9.62 Å². The number of rotatable bonds is 4. The molecule has 1 aliphatic heterocycles. The van der Waals surface area contributed by atoms with E-state index in [0.29, 0.717) is 12.2 Å². The van der Waals surface area contributed by atoms with E-state index in [1.807, 2.05) is 43.5 Å². The molecule has 1 heterocycles. The topological polar surface area (TPSA) is 32.3 Å². The van der Waals surface area contributed by atoms with Gasteiger partial charge in [0.1, 0.15) is 5.82 Å². The van der Waals surface area contributed by atoms with Gasteiger partial charge in [0.05, 0.1) is 5.69 Å². The summed E-state index contributed by atoms with van der Waals surface area (Å²) in [6.07, 6.45) is 4.06. The lowest BCUT2D eigenvalue weighted by atomic mass is 10.0. The number of carbonyl (C=O) groups is 1. The quantitative estimate of drug-likeness (QED) is 0.861. The second kappa shape index (κ2) is 6.98. The average molecular weight is 328 g/mol. The lowest BCUT2D eigenvalue weighted by Crippen LogP contribution is -2.33. The van der Waals surface area contributed by atoms with Crippen LogP contribution in [0.5, 0.6) is 0 Å². The van der Waals surface area contributed by atoms with Gasteiger partial charge in [0.15, 0.2) is 0 Å². The normalized spacial score (nSPS) is 14.3. The van der Waals surface area contributed by atoms with Gasteiger partial charge in [-0.2, -0.15) is 0 Å². The molecule has 118 valence electrons. The van der Waals surface area contributed by atoms with Crippen LogP contribution in [-0.2, 0) is 4.79 Å². The van der Waals surface area contributed by atoms with Crippen molar-refractivity contribution in [2.45, 2.75) is 11.3 Å². The van der Waals surface area contributed by atoms with Crippen molar-refractivity contribution in [2.75, 3.05) is 18.5 Å². The van der Waals surface area contributed by atoms with Gasteiger partial charge in [-0.1, -0.05) is 30.3 Å². The summed E-state index contributed by atoms with van der Waals surface area (Å²) >= 11 is 1.49. The zero-order chi connectivity index (χ0) is 16.2. The van der Waals surface area contributed by atoms with Crippen molar-refractivity contribution in [3.05, 3.63) is 60.4 Å². The predicted octanol–water partition coefficient (Wildman–Crippen LogP) is 4.01. The number of nitrogens with one attached hydrogen (secondary N) is 1. The number of amides is 1. The Morgan fingerprint density at radius 1 is 1.22 bits per heavy atom. The molecule has 0 saturated carbocycles. The van der Waals surface area contributed by atoms with Gasteiger partial charge >= 0.3 is 0 Å². The number of benzene rings is 2. The molecule has 0 spiro atoms. The minimum Gasteiger partial charge on any atom is -0.306 e. The largest absolute Gasteiger partial charge is 0.306 e. The molecule has 0 aromatic heterocycles. The first-order chi connectivity index (χ1) is 11.2. The van der Waals surface area contributed by atoms with Crippen LogP contribution >= 0.6 is 11.9 Å². The summed E-state index contributed by atoms with van der Waals surface area (Å²) < 4.78 is 17.6. The third-order valence-corrected chi connectivity index (χ3v) is 4.47. The summed E-state index contributed by atoms with van der Waals surface area (Å²) in [6, 6.07) is 12.9. The van der Waals surface area contributed by atoms with Crippen LogP contribution in [0, 0.1) is 5.82 Å². The first-order valence-electron chi connectivity index (χ1n) is 7.41. The fraction of sp³-hybridized carbons (Fsp3) is 0.167. The summed E-state index contributed by atoms with van der Waals surface area (Å²) in [6.45, 7) is 0.512. The van der Waals surface area contributed by atoms with Gasteiger partial charge in [-0.05, 0) is 60.8 Å². The van der Waals surface area contributed by atoms with Crippen molar-refractivity contribution < 1.29 is 9.18 Å². The molecule has 0 atom stereocenters. The first-order valence-corrected chi connectivity index (χ1v) is 8.23. The van der Waals surface area contributed by atoms with Crippen LogP contribution in [0.15, 0.2) is 59.5 Å². The fourth-order valence-corrected chi connectivity index (χ4v) is 3.29. The maximum Gasteiger partial charge on any atom is 0.250 e. The highest BCUT2D eigenvalue weighted by Gasteiger charge is 2.19. The third-order valence-electron chi connectivity index (χ3n) is 3.69. The van der Waals surface area contributed by atoms with Gasteiger partial charge in [0.25, 0.3) is 5.91 Å². The van der Waals surface area contributed by atoms with Crippen LogP contribution in [0.2, 0.25) is 0 Å². The van der Waals surface area contributed by atoms with E-state index in [9.17, 15) is 9.18 Å². The standard InChI is InChI=1S/C18H17FN2OS/c1-20-23-17-7-3-2-6-14(17)13-9-10-16(15(19)12-13)21-11-5-4-8-18(21)22/h2-4,6-10,12,20H,5,11H2,1H3. The Morgan fingerprint density at radius 3 is 2.78 bits per heavy atom. The van der Waals surface area contributed by atoms with Gasteiger partial charge in [-0.25, -0.2) is 4.39 Å². The highest BCUT2D eigenvalue weighted by atomic mass is 32.2. The number of carbonyl (C=O) groups excluding carboxylic acids is 1. The highest BCUT2D eigenvalue weighted by molar-refractivity contribution is 7.97. The van der Waals surface area contributed by atoms with Crippen LogP contribution in [0.25, 0.3) is 11.1 Å². The molecule has 2 aromatic carbocycles. The maximum absolute atomic E-state index is 14.6. The highest BCUT2D eigenvalue weighted by Crippen LogP contribution is 2.32. The lowest BCUT2D eigenvalue weighted by Gasteiger charge is -2.24. The second-order valence-corrected chi connectivity index (χ2v) is 6.20. The number of hydrogen-bond acceptors (Lipinski definition) is 3. The van der Waals surface area contributed by atoms with Crippen molar-refractivity contribution in [1.82, 2.24) is 4.72 Å². The van der Waals surface area contributed by atoms with E-state index >= 15 is 0 Å². The predicted molar refractivity (Wildman–Crippen MR) is 92.9 cm³/mol. The molecule has 0 saturated heterocycles. The van der Waals surface area contributed by atoms with Crippen LogP contribution in [-0.4, -0.2) is 19.5 Å². The Kier molecular flexibility index (Phi) is 4.79. The molecular formula is C18H17FN2OS. The molecule has 0 fully saturated rings. The summed E-state index contributed by atoms with van der Waals surface area (Å²) in [5.74, 6) is -0.551. The zero-order valence-corrected chi connectivity index (χ0v) is 13.6. The monoisotopic (exact) mass is 328 g/mol. The zero-order valence-electron chi connectivity index (χ0n) is 12.8. The lowest BCUT2D eigenvalue weighted by molar-refractivity contribution is -0.114. The summed E-state index contributed by atoms with van der Waals surface area (Å²) in [5, 5.41) is 0. The molecule has 1 N–H and O–H groups in total. The summed E-state index contributed by atoms with van der Waals surface area (Å²) in [4.78, 5) is 14.4.